The molecule has 0 aromatic heterocycles. The normalized spacial score (nSPS) is 20.0. The van der Waals surface area contributed by atoms with Crippen molar-refractivity contribution in [2.45, 2.75) is 52.1 Å². The highest BCUT2D eigenvalue weighted by Gasteiger charge is 2.32. The Morgan fingerprint density at radius 2 is 2.23 bits per heavy atom. The van der Waals surface area contributed by atoms with Crippen molar-refractivity contribution >= 4 is 35.8 Å². The van der Waals surface area contributed by atoms with Crippen LogP contribution in [0.3, 0.4) is 0 Å². The van der Waals surface area contributed by atoms with Gasteiger partial charge in [0, 0.05) is 38.0 Å². The van der Waals surface area contributed by atoms with Crippen LogP contribution in [-0.2, 0) is 11.2 Å². The van der Waals surface area contributed by atoms with E-state index in [4.69, 9.17) is 20.2 Å². The third-order valence-corrected chi connectivity index (χ3v) is 5.31. The van der Waals surface area contributed by atoms with Gasteiger partial charge in [0.15, 0.2) is 17.5 Å². The smallest absolute Gasteiger partial charge is 0.217 e. The Hall–Kier alpha value is -1.71. The molecule has 0 bridgehead atoms. The van der Waals surface area contributed by atoms with E-state index in [1.165, 1.54) is 5.56 Å². The number of fused-ring (bicyclic) bond motifs is 1. The summed E-state index contributed by atoms with van der Waals surface area (Å²) in [6.45, 7) is 9.82. The van der Waals surface area contributed by atoms with Crippen LogP contribution in [0.2, 0.25) is 0 Å². The quantitative estimate of drug-likeness (QED) is 0.245. The number of benzene rings is 1. The second kappa shape index (κ2) is 11.1. The summed E-state index contributed by atoms with van der Waals surface area (Å²) in [6.07, 6.45) is 3.41. The number of halogens is 1. The molecule has 1 saturated heterocycles. The molecular formula is C22H35IN4O3. The van der Waals surface area contributed by atoms with Gasteiger partial charge in [-0.15, -0.1) is 24.0 Å². The highest BCUT2D eigenvalue weighted by atomic mass is 127. The number of aliphatic imine (C=N–C) groups is 1. The molecule has 30 heavy (non-hydrogen) atoms. The van der Waals surface area contributed by atoms with Gasteiger partial charge in [0.2, 0.25) is 5.91 Å². The third kappa shape index (κ3) is 6.65. The van der Waals surface area contributed by atoms with Crippen molar-refractivity contribution in [3.05, 3.63) is 23.8 Å². The molecule has 2 heterocycles. The fraction of sp³-hybridized carbons (Fsp3) is 0.636. The summed E-state index contributed by atoms with van der Waals surface area (Å²) in [5.74, 6) is 2.59. The van der Waals surface area contributed by atoms with Gasteiger partial charge in [0.05, 0.1) is 6.54 Å². The maximum Gasteiger partial charge on any atom is 0.217 e. The fourth-order valence-corrected chi connectivity index (χ4v) is 4.14. The molecule has 168 valence electrons. The van der Waals surface area contributed by atoms with Gasteiger partial charge in [0.25, 0.3) is 0 Å². The Kier molecular flexibility index (Phi) is 9.06. The zero-order valence-corrected chi connectivity index (χ0v) is 20.6. The van der Waals surface area contributed by atoms with E-state index in [-0.39, 0.29) is 35.5 Å². The summed E-state index contributed by atoms with van der Waals surface area (Å²) in [7, 11) is 0. The van der Waals surface area contributed by atoms with E-state index in [9.17, 15) is 4.79 Å². The number of nitrogens with two attached hydrogens (primary N) is 1. The van der Waals surface area contributed by atoms with Crippen molar-refractivity contribution in [3.8, 4) is 11.5 Å². The van der Waals surface area contributed by atoms with Crippen LogP contribution in [0, 0.1) is 5.92 Å². The van der Waals surface area contributed by atoms with Crippen molar-refractivity contribution in [1.29, 1.82) is 0 Å². The van der Waals surface area contributed by atoms with Gasteiger partial charge in [-0.2, -0.15) is 0 Å². The van der Waals surface area contributed by atoms with Gasteiger partial charge >= 0.3 is 0 Å². The number of ether oxygens (including phenoxy) is 2. The number of carbonyl (C=O) groups excluding carboxylic acids is 1. The van der Waals surface area contributed by atoms with Gasteiger partial charge < -0.3 is 25.4 Å². The monoisotopic (exact) mass is 530 g/mol. The second-order valence-electron chi connectivity index (χ2n) is 8.49. The first-order valence-electron chi connectivity index (χ1n) is 10.6. The number of hydrogen-bond acceptors (Lipinski definition) is 4. The topological polar surface area (TPSA) is 89.2 Å². The van der Waals surface area contributed by atoms with Gasteiger partial charge in [-0.05, 0) is 45.6 Å². The Morgan fingerprint density at radius 3 is 2.97 bits per heavy atom. The molecule has 3 rings (SSSR count). The molecule has 0 radical (unpaired) electrons. The Labute approximate surface area is 196 Å². The lowest BCUT2D eigenvalue weighted by Gasteiger charge is -2.34. The molecule has 1 aromatic rings. The number of carbonyl (C=O) groups is 1. The Morgan fingerprint density at radius 1 is 1.43 bits per heavy atom. The Bertz CT molecular complexity index is 754. The highest BCUT2D eigenvalue weighted by molar-refractivity contribution is 14.0. The lowest BCUT2D eigenvalue weighted by Crippen LogP contribution is -2.47. The number of para-hydroxylation sites is 1. The minimum absolute atomic E-state index is 0. The van der Waals surface area contributed by atoms with E-state index < -0.39 is 0 Å². The SMILES string of the molecule is CCNC(=NCCOc1cccc2c1OC(C)(C)C2)N1CCCC(CC(N)=O)C1.I. The molecule has 0 aliphatic carbocycles. The summed E-state index contributed by atoms with van der Waals surface area (Å²) in [5, 5.41) is 3.36. The predicted molar refractivity (Wildman–Crippen MR) is 130 cm³/mol. The van der Waals surface area contributed by atoms with Crippen molar-refractivity contribution in [2.24, 2.45) is 16.6 Å². The van der Waals surface area contributed by atoms with Crippen LogP contribution in [0.15, 0.2) is 23.2 Å². The highest BCUT2D eigenvalue weighted by Crippen LogP contribution is 2.41. The molecule has 1 fully saturated rings. The van der Waals surface area contributed by atoms with E-state index >= 15 is 0 Å². The number of nitrogens with one attached hydrogen (secondary N) is 1. The number of rotatable bonds is 7. The van der Waals surface area contributed by atoms with Gasteiger partial charge in [-0.1, -0.05) is 12.1 Å². The Balaban J connectivity index is 0.00000320. The van der Waals surface area contributed by atoms with Gasteiger partial charge in [-0.25, -0.2) is 4.99 Å². The number of piperidine rings is 1. The van der Waals surface area contributed by atoms with Crippen molar-refractivity contribution in [2.75, 3.05) is 32.8 Å². The molecular weight excluding hydrogens is 495 g/mol. The fourth-order valence-electron chi connectivity index (χ4n) is 4.14. The van der Waals surface area contributed by atoms with E-state index in [1.807, 2.05) is 12.1 Å². The first kappa shape index (κ1) is 24.6. The largest absolute Gasteiger partial charge is 0.488 e. The van der Waals surface area contributed by atoms with E-state index in [1.54, 1.807) is 0 Å². The summed E-state index contributed by atoms with van der Waals surface area (Å²) >= 11 is 0. The summed E-state index contributed by atoms with van der Waals surface area (Å²) < 4.78 is 12.1. The molecule has 2 aliphatic rings. The molecule has 0 spiro atoms. The van der Waals surface area contributed by atoms with E-state index in [2.05, 4.69) is 37.1 Å². The zero-order valence-electron chi connectivity index (χ0n) is 18.3. The average Bonchev–Trinajstić information content (AvgIpc) is 2.98. The number of likely N-dealkylation sites (tertiary alicyclic amines) is 1. The van der Waals surface area contributed by atoms with Crippen LogP contribution in [-0.4, -0.2) is 55.2 Å². The molecule has 1 atom stereocenters. The molecule has 3 N–H and O–H groups in total. The van der Waals surface area contributed by atoms with Crippen molar-refractivity contribution < 1.29 is 14.3 Å². The predicted octanol–water partition coefficient (Wildman–Crippen LogP) is 2.95. The van der Waals surface area contributed by atoms with E-state index in [0.717, 1.165) is 56.4 Å². The molecule has 2 aliphatic heterocycles. The van der Waals surface area contributed by atoms with Gasteiger partial charge in [0.1, 0.15) is 12.2 Å². The van der Waals surface area contributed by atoms with Crippen LogP contribution in [0.4, 0.5) is 0 Å². The van der Waals surface area contributed by atoms with Crippen LogP contribution in [0.5, 0.6) is 11.5 Å². The van der Waals surface area contributed by atoms with E-state index in [0.29, 0.717) is 25.5 Å². The van der Waals surface area contributed by atoms with Crippen molar-refractivity contribution in [3.63, 3.8) is 0 Å². The minimum atomic E-state index is -0.229. The van der Waals surface area contributed by atoms with Crippen LogP contribution in [0.25, 0.3) is 0 Å². The minimum Gasteiger partial charge on any atom is -0.488 e. The number of amides is 1. The molecule has 7 nitrogen and oxygen atoms in total. The zero-order chi connectivity index (χ0) is 20.9. The molecule has 0 saturated carbocycles. The average molecular weight is 530 g/mol. The van der Waals surface area contributed by atoms with Crippen LogP contribution in [0.1, 0.15) is 45.6 Å². The maximum absolute atomic E-state index is 11.3. The third-order valence-electron chi connectivity index (χ3n) is 5.31. The van der Waals surface area contributed by atoms with Gasteiger partial charge in [-0.3, -0.25) is 4.79 Å². The molecule has 1 aromatic carbocycles. The molecule has 8 heteroatoms. The first-order valence-corrected chi connectivity index (χ1v) is 10.6. The summed E-state index contributed by atoms with van der Waals surface area (Å²) in [4.78, 5) is 18.2. The number of hydrogen-bond donors (Lipinski definition) is 2. The lowest BCUT2D eigenvalue weighted by molar-refractivity contribution is -0.119. The van der Waals surface area contributed by atoms with Crippen LogP contribution < -0.4 is 20.5 Å². The summed E-state index contributed by atoms with van der Waals surface area (Å²) in [5.41, 5.74) is 6.39. The molecule has 1 amide bonds. The molecule has 1 unspecified atom stereocenters. The standard InChI is InChI=1S/C22H34N4O3.HI/c1-4-24-21(26-11-6-7-16(15-26)13-19(23)27)25-10-12-28-18-9-5-8-17-14-22(2,3)29-20(17)18;/h5,8-9,16H,4,6-7,10-15H2,1-3H3,(H2,23,27)(H,24,25);1H. The number of guanidine groups is 1. The summed E-state index contributed by atoms with van der Waals surface area (Å²) in [6, 6.07) is 6.06. The van der Waals surface area contributed by atoms with Crippen molar-refractivity contribution in [1.82, 2.24) is 10.2 Å². The number of primary amides is 1. The second-order valence-corrected chi connectivity index (χ2v) is 8.49. The number of nitrogens with zero attached hydrogens (tertiary/aromatic N) is 2. The first-order chi connectivity index (χ1) is 13.9. The maximum atomic E-state index is 11.3. The lowest BCUT2D eigenvalue weighted by atomic mass is 9.95. The van der Waals surface area contributed by atoms with Crippen LogP contribution >= 0.6 is 24.0 Å².